The molecule has 0 aromatic heterocycles. The first-order chi connectivity index (χ1) is 13.1. The summed E-state index contributed by atoms with van der Waals surface area (Å²) in [6, 6.07) is 0. The molecule has 4 rings (SSSR count). The lowest BCUT2D eigenvalue weighted by atomic mass is 9.83. The summed E-state index contributed by atoms with van der Waals surface area (Å²) in [5.41, 5.74) is 0.391. The number of allylic oxidation sites excluding steroid dienone is 2. The maximum absolute atomic E-state index is 12.7. The summed E-state index contributed by atoms with van der Waals surface area (Å²) >= 11 is 0. The van der Waals surface area contributed by atoms with Crippen LogP contribution in [0.2, 0.25) is 0 Å². The van der Waals surface area contributed by atoms with E-state index in [1.54, 1.807) is 7.05 Å². The van der Waals surface area contributed by atoms with Gasteiger partial charge in [-0.25, -0.2) is 0 Å². The standard InChI is InChI=1S/C21H32N4O2/c1-3-21(8-4-5-9-21)13-24-20(22-2)23-10-11-25-18(26)16-14-6-7-15(12-14)17(16)19(25)27/h6-7,14-17H,3-5,8-13H2,1-2H3,(H2,22,23,24). The van der Waals surface area contributed by atoms with Crippen molar-refractivity contribution in [1.29, 1.82) is 0 Å². The number of rotatable bonds is 6. The Hall–Kier alpha value is -1.85. The molecule has 6 nitrogen and oxygen atoms in total. The molecule has 4 aliphatic rings. The summed E-state index contributed by atoms with van der Waals surface area (Å²) in [4.78, 5) is 31.2. The highest BCUT2D eigenvalue weighted by Gasteiger charge is 2.58. The number of likely N-dealkylation sites (tertiary alicyclic amines) is 1. The van der Waals surface area contributed by atoms with Crippen LogP contribution in [0.25, 0.3) is 0 Å². The van der Waals surface area contributed by atoms with Gasteiger partial charge in [0, 0.05) is 26.7 Å². The molecular weight excluding hydrogens is 340 g/mol. The highest BCUT2D eigenvalue weighted by Crippen LogP contribution is 2.52. The Kier molecular flexibility index (Phi) is 4.99. The van der Waals surface area contributed by atoms with Gasteiger partial charge in [0.25, 0.3) is 0 Å². The number of nitrogens with zero attached hydrogens (tertiary/aromatic N) is 2. The van der Waals surface area contributed by atoms with Gasteiger partial charge in [-0.15, -0.1) is 0 Å². The van der Waals surface area contributed by atoms with Crippen molar-refractivity contribution in [2.45, 2.75) is 45.4 Å². The minimum absolute atomic E-state index is 0.0301. The number of carbonyl (C=O) groups is 2. The molecule has 2 N–H and O–H groups in total. The largest absolute Gasteiger partial charge is 0.356 e. The highest BCUT2D eigenvalue weighted by molar-refractivity contribution is 6.06. The Labute approximate surface area is 161 Å². The van der Waals surface area contributed by atoms with Gasteiger partial charge < -0.3 is 10.6 Å². The Morgan fingerprint density at radius 2 is 1.78 bits per heavy atom. The monoisotopic (exact) mass is 372 g/mol. The molecule has 2 bridgehead atoms. The van der Waals surface area contributed by atoms with E-state index in [-0.39, 0.29) is 35.5 Å². The van der Waals surface area contributed by atoms with Crippen molar-refractivity contribution in [2.24, 2.45) is 34.1 Å². The second kappa shape index (κ2) is 7.28. The summed E-state index contributed by atoms with van der Waals surface area (Å²) in [7, 11) is 1.77. The van der Waals surface area contributed by atoms with Crippen molar-refractivity contribution in [1.82, 2.24) is 15.5 Å². The van der Waals surface area contributed by atoms with Gasteiger partial charge in [0.2, 0.25) is 11.8 Å². The molecule has 148 valence electrons. The fraction of sp³-hybridized carbons (Fsp3) is 0.762. The van der Waals surface area contributed by atoms with E-state index in [9.17, 15) is 9.59 Å². The van der Waals surface area contributed by atoms with E-state index >= 15 is 0 Å². The molecule has 0 radical (unpaired) electrons. The molecule has 1 saturated heterocycles. The topological polar surface area (TPSA) is 73.8 Å². The van der Waals surface area contributed by atoms with Crippen molar-refractivity contribution in [3.63, 3.8) is 0 Å². The molecule has 3 aliphatic carbocycles. The lowest BCUT2D eigenvalue weighted by Crippen LogP contribution is -2.46. The summed E-state index contributed by atoms with van der Waals surface area (Å²) < 4.78 is 0. The van der Waals surface area contributed by atoms with Crippen molar-refractivity contribution in [3.05, 3.63) is 12.2 Å². The first kappa shape index (κ1) is 18.5. The Bertz CT molecular complexity index is 635. The molecule has 2 saturated carbocycles. The number of hydrogen-bond donors (Lipinski definition) is 2. The molecule has 4 unspecified atom stereocenters. The summed E-state index contributed by atoms with van der Waals surface area (Å²) in [5.74, 6) is 1.18. The zero-order chi connectivity index (χ0) is 19.0. The lowest BCUT2D eigenvalue weighted by molar-refractivity contribution is -0.140. The van der Waals surface area contributed by atoms with Gasteiger partial charge in [0.1, 0.15) is 0 Å². The quantitative estimate of drug-likeness (QED) is 0.323. The second-order valence-electron chi connectivity index (χ2n) is 8.74. The molecular formula is C21H32N4O2. The minimum Gasteiger partial charge on any atom is -0.356 e. The van der Waals surface area contributed by atoms with E-state index in [4.69, 9.17) is 0 Å². The zero-order valence-electron chi connectivity index (χ0n) is 16.5. The van der Waals surface area contributed by atoms with Crippen LogP contribution in [0.1, 0.15) is 45.4 Å². The summed E-state index contributed by atoms with van der Waals surface area (Å²) in [6.07, 6.45) is 11.6. The summed E-state index contributed by atoms with van der Waals surface area (Å²) in [6.45, 7) is 4.17. The second-order valence-corrected chi connectivity index (χ2v) is 8.74. The minimum atomic E-state index is -0.100. The Morgan fingerprint density at radius 1 is 1.15 bits per heavy atom. The molecule has 1 aliphatic heterocycles. The molecule has 0 aromatic rings. The van der Waals surface area contributed by atoms with Crippen molar-refractivity contribution in [3.8, 4) is 0 Å². The Morgan fingerprint density at radius 3 is 2.33 bits per heavy atom. The third-order valence-electron chi connectivity index (χ3n) is 7.46. The number of aliphatic imine (C=N–C) groups is 1. The first-order valence-electron chi connectivity index (χ1n) is 10.6. The third-order valence-corrected chi connectivity index (χ3v) is 7.46. The van der Waals surface area contributed by atoms with Crippen LogP contribution in [0.5, 0.6) is 0 Å². The van der Waals surface area contributed by atoms with Crippen molar-refractivity contribution >= 4 is 17.8 Å². The van der Waals surface area contributed by atoms with Crippen LogP contribution in [0.3, 0.4) is 0 Å². The maximum Gasteiger partial charge on any atom is 0.233 e. The van der Waals surface area contributed by atoms with Crippen molar-refractivity contribution < 1.29 is 9.59 Å². The molecule has 6 heteroatoms. The normalized spacial score (nSPS) is 33.9. The summed E-state index contributed by atoms with van der Waals surface area (Å²) in [5, 5.41) is 6.74. The first-order valence-corrected chi connectivity index (χ1v) is 10.6. The number of imide groups is 1. The van der Waals surface area contributed by atoms with Crippen LogP contribution in [0.15, 0.2) is 17.1 Å². The van der Waals surface area contributed by atoms with Gasteiger partial charge in [-0.1, -0.05) is 31.9 Å². The number of guanidine groups is 1. The van der Waals surface area contributed by atoms with E-state index < -0.39 is 0 Å². The molecule has 1 heterocycles. The smallest absolute Gasteiger partial charge is 0.233 e. The molecule has 2 amide bonds. The fourth-order valence-electron chi connectivity index (χ4n) is 5.74. The van der Waals surface area contributed by atoms with Crippen molar-refractivity contribution in [2.75, 3.05) is 26.7 Å². The third kappa shape index (κ3) is 3.17. The highest BCUT2D eigenvalue weighted by atomic mass is 16.2. The molecule has 4 atom stereocenters. The molecule has 0 spiro atoms. The number of fused-ring (bicyclic) bond motifs is 5. The van der Waals surface area contributed by atoms with Gasteiger partial charge >= 0.3 is 0 Å². The van der Waals surface area contributed by atoms with E-state index in [0.717, 1.165) is 18.9 Å². The van der Waals surface area contributed by atoms with Gasteiger partial charge in [-0.3, -0.25) is 19.5 Å². The number of carbonyl (C=O) groups excluding carboxylic acids is 2. The zero-order valence-corrected chi connectivity index (χ0v) is 16.5. The van der Waals surface area contributed by atoms with E-state index in [1.165, 1.54) is 37.0 Å². The SMILES string of the molecule is CCC1(CNC(=NC)NCCN2C(=O)C3C4C=CC(C4)C3C2=O)CCCC1. The maximum atomic E-state index is 12.7. The Balaban J connectivity index is 1.27. The predicted octanol–water partition coefficient (Wildman–Crippen LogP) is 1.93. The van der Waals surface area contributed by atoms with Crippen LogP contribution < -0.4 is 10.6 Å². The van der Waals surface area contributed by atoms with Gasteiger partial charge in [0.15, 0.2) is 5.96 Å². The predicted molar refractivity (Wildman–Crippen MR) is 105 cm³/mol. The molecule has 27 heavy (non-hydrogen) atoms. The van der Waals surface area contributed by atoms with Gasteiger partial charge in [0.05, 0.1) is 11.8 Å². The number of nitrogens with one attached hydrogen (secondary N) is 2. The van der Waals surface area contributed by atoms with E-state index in [2.05, 4.69) is 34.7 Å². The van der Waals surface area contributed by atoms with E-state index in [0.29, 0.717) is 18.5 Å². The molecule has 3 fully saturated rings. The van der Waals surface area contributed by atoms with Gasteiger partial charge in [-0.05, 0) is 42.9 Å². The van der Waals surface area contributed by atoms with Crippen LogP contribution in [-0.4, -0.2) is 49.4 Å². The molecule has 0 aromatic carbocycles. The number of hydrogen-bond acceptors (Lipinski definition) is 3. The average Bonchev–Trinajstić information content (AvgIpc) is 3.45. The van der Waals surface area contributed by atoms with Gasteiger partial charge in [-0.2, -0.15) is 0 Å². The van der Waals surface area contributed by atoms with Crippen LogP contribution in [-0.2, 0) is 9.59 Å². The van der Waals surface area contributed by atoms with E-state index in [1.807, 2.05) is 0 Å². The van der Waals surface area contributed by atoms with Crippen LogP contribution >= 0.6 is 0 Å². The average molecular weight is 373 g/mol. The van der Waals surface area contributed by atoms with Crippen LogP contribution in [0.4, 0.5) is 0 Å². The van der Waals surface area contributed by atoms with Crippen LogP contribution in [0, 0.1) is 29.1 Å². The fourth-order valence-corrected chi connectivity index (χ4v) is 5.74. The number of amides is 2. The lowest BCUT2D eigenvalue weighted by Gasteiger charge is -2.28.